The van der Waals surface area contributed by atoms with Crippen LogP contribution in [0.3, 0.4) is 0 Å². The van der Waals surface area contributed by atoms with Crippen molar-refractivity contribution in [3.8, 4) is 0 Å². The van der Waals surface area contributed by atoms with E-state index < -0.39 is 0 Å². The third kappa shape index (κ3) is 3.86. The minimum Gasteiger partial charge on any atom is -0.375 e. The molecule has 0 fully saturated rings. The van der Waals surface area contributed by atoms with Gasteiger partial charge in [-0.3, -0.25) is 4.79 Å². The van der Waals surface area contributed by atoms with Crippen LogP contribution in [0.4, 0.5) is 0 Å². The van der Waals surface area contributed by atoms with Gasteiger partial charge in [-0.25, -0.2) is 0 Å². The minimum absolute atomic E-state index is 0.178. The molecule has 0 aliphatic rings. The van der Waals surface area contributed by atoms with E-state index in [0.29, 0.717) is 12.7 Å². The fourth-order valence-electron chi connectivity index (χ4n) is 0.0873. The predicted octanol–water partition coefficient (Wildman–Crippen LogP) is -0.724. The molecule has 0 aromatic rings. The van der Waals surface area contributed by atoms with Crippen LogP contribution >= 0.6 is 8.81 Å². The maximum atomic E-state index is 9.35. The number of carbonyl (C=O) groups is 1. The largest absolute Gasteiger partial charge is 0.375 e. The zero-order valence-electron chi connectivity index (χ0n) is 3.14. The summed E-state index contributed by atoms with van der Waals surface area (Å²) in [4.78, 5) is 17.3. The molecule has 0 heterocycles. The van der Waals surface area contributed by atoms with E-state index in [9.17, 15) is 4.79 Å². The van der Waals surface area contributed by atoms with Gasteiger partial charge in [-0.2, -0.15) is 0 Å². The first kappa shape index (κ1) is 5.86. The summed E-state index contributed by atoms with van der Waals surface area (Å²) in [6.07, 6.45) is 0.937. The Kier molecular flexibility index (Phi) is 4.75. The van der Waals surface area contributed by atoms with Crippen LogP contribution < -0.4 is 5.32 Å². The van der Waals surface area contributed by atoms with Gasteiger partial charge in [0, 0.05) is 8.81 Å². The van der Waals surface area contributed by atoms with Crippen LogP contribution in [0.5, 0.6) is 0 Å². The van der Waals surface area contributed by atoms with Gasteiger partial charge < -0.3 is 10.2 Å². The second-order valence-corrected chi connectivity index (χ2v) is 1.33. The SMILES string of the molecule is O=CNCPO. The van der Waals surface area contributed by atoms with Gasteiger partial charge in [0.15, 0.2) is 0 Å². The Bertz CT molecular complexity index is 40.5. The normalized spacial score (nSPS) is 9.50. The molecule has 0 aromatic carbocycles. The third-order valence-corrected chi connectivity index (χ3v) is 0.627. The van der Waals surface area contributed by atoms with Crippen LogP contribution in [0, 0.1) is 0 Å². The summed E-state index contributed by atoms with van der Waals surface area (Å²) in [6.45, 7) is 0. The highest BCUT2D eigenvalue weighted by molar-refractivity contribution is 7.31. The highest BCUT2D eigenvalue weighted by atomic mass is 31.1. The Morgan fingerprint density at radius 2 is 2.67 bits per heavy atom. The maximum absolute atomic E-state index is 9.35. The topological polar surface area (TPSA) is 49.3 Å². The lowest BCUT2D eigenvalue weighted by Crippen LogP contribution is -2.06. The summed E-state index contributed by atoms with van der Waals surface area (Å²) < 4.78 is 0. The van der Waals surface area contributed by atoms with Crippen molar-refractivity contribution in [2.24, 2.45) is 0 Å². The standard InChI is InChI=1S/C2H6NO2P/c4-1-3-2-6-5/h1,5-6H,2H2,(H,3,4). The van der Waals surface area contributed by atoms with Crippen molar-refractivity contribution in [3.05, 3.63) is 0 Å². The van der Waals surface area contributed by atoms with E-state index in [1.807, 2.05) is 0 Å². The molecule has 1 amide bonds. The molecule has 0 aromatic heterocycles. The van der Waals surface area contributed by atoms with Gasteiger partial charge in [-0.15, -0.1) is 0 Å². The van der Waals surface area contributed by atoms with E-state index in [2.05, 4.69) is 5.32 Å². The first-order valence-electron chi connectivity index (χ1n) is 1.46. The number of nitrogens with one attached hydrogen (secondary N) is 1. The average molecular weight is 107 g/mol. The Labute approximate surface area is 37.6 Å². The second kappa shape index (κ2) is 4.86. The van der Waals surface area contributed by atoms with Crippen molar-refractivity contribution in [1.82, 2.24) is 5.32 Å². The molecule has 0 saturated carbocycles. The monoisotopic (exact) mass is 107 g/mol. The number of carbonyl (C=O) groups excluding carboxylic acids is 1. The molecule has 0 aliphatic carbocycles. The van der Waals surface area contributed by atoms with Crippen LogP contribution in [0.15, 0.2) is 0 Å². The fourth-order valence-corrected chi connectivity index (χ4v) is 0.262. The van der Waals surface area contributed by atoms with E-state index in [0.717, 1.165) is 0 Å². The highest BCUT2D eigenvalue weighted by Gasteiger charge is 1.70. The van der Waals surface area contributed by atoms with E-state index >= 15 is 0 Å². The summed E-state index contributed by atoms with van der Waals surface area (Å²) in [5.74, 6) is 0. The molecule has 0 rings (SSSR count). The lowest BCUT2D eigenvalue weighted by molar-refractivity contribution is -0.109. The fraction of sp³-hybridized carbons (Fsp3) is 0.500. The summed E-state index contributed by atoms with van der Waals surface area (Å²) in [7, 11) is -0.178. The number of rotatable bonds is 3. The van der Waals surface area contributed by atoms with Gasteiger partial charge in [0.2, 0.25) is 6.41 Å². The zero-order chi connectivity index (χ0) is 4.83. The molecule has 6 heavy (non-hydrogen) atoms. The number of hydrogen-bond acceptors (Lipinski definition) is 2. The average Bonchev–Trinajstić information content (AvgIpc) is 1.61. The lowest BCUT2D eigenvalue weighted by Gasteiger charge is -1.85. The molecule has 0 aliphatic heterocycles. The quantitative estimate of drug-likeness (QED) is 0.284. The summed E-state index contributed by atoms with van der Waals surface area (Å²) >= 11 is 0. The van der Waals surface area contributed by atoms with Crippen LogP contribution in [-0.2, 0) is 4.79 Å². The van der Waals surface area contributed by atoms with Crippen molar-refractivity contribution in [2.75, 3.05) is 6.29 Å². The Hall–Kier alpha value is -0.140. The van der Waals surface area contributed by atoms with Crippen molar-refractivity contribution >= 4 is 15.2 Å². The molecule has 1 unspecified atom stereocenters. The van der Waals surface area contributed by atoms with Gasteiger partial charge in [0.05, 0.1) is 6.29 Å². The van der Waals surface area contributed by atoms with E-state index in [-0.39, 0.29) is 8.81 Å². The summed E-state index contributed by atoms with van der Waals surface area (Å²) in [5, 5.41) is 2.28. The van der Waals surface area contributed by atoms with Gasteiger partial charge in [-0.05, 0) is 0 Å². The predicted molar refractivity (Wildman–Crippen MR) is 24.6 cm³/mol. The zero-order valence-corrected chi connectivity index (χ0v) is 4.14. The summed E-state index contributed by atoms with van der Waals surface area (Å²) in [6, 6.07) is 0. The van der Waals surface area contributed by atoms with Gasteiger partial charge >= 0.3 is 0 Å². The van der Waals surface area contributed by atoms with Crippen molar-refractivity contribution in [2.45, 2.75) is 0 Å². The van der Waals surface area contributed by atoms with Gasteiger partial charge in [0.1, 0.15) is 0 Å². The molecular weight excluding hydrogens is 101 g/mol. The second-order valence-electron chi connectivity index (χ2n) is 0.657. The van der Waals surface area contributed by atoms with Gasteiger partial charge in [0.25, 0.3) is 0 Å². The molecule has 1 atom stereocenters. The molecule has 0 radical (unpaired) electrons. The smallest absolute Gasteiger partial charge is 0.207 e. The Morgan fingerprint density at radius 3 is 2.83 bits per heavy atom. The molecule has 0 spiro atoms. The molecular formula is C2H6NO2P. The van der Waals surface area contributed by atoms with Crippen LogP contribution in [0.2, 0.25) is 0 Å². The Morgan fingerprint density at radius 1 is 2.00 bits per heavy atom. The van der Waals surface area contributed by atoms with Crippen molar-refractivity contribution in [3.63, 3.8) is 0 Å². The summed E-state index contributed by atoms with van der Waals surface area (Å²) in [5.41, 5.74) is 0. The molecule has 36 valence electrons. The van der Waals surface area contributed by atoms with Crippen LogP contribution in [-0.4, -0.2) is 17.6 Å². The van der Waals surface area contributed by atoms with Gasteiger partial charge in [-0.1, -0.05) is 0 Å². The number of amides is 1. The first-order valence-corrected chi connectivity index (χ1v) is 2.61. The number of hydrogen-bond donors (Lipinski definition) is 2. The van der Waals surface area contributed by atoms with E-state index in [1.165, 1.54) is 0 Å². The minimum atomic E-state index is -0.178. The molecule has 4 heteroatoms. The molecule has 0 saturated heterocycles. The first-order chi connectivity index (χ1) is 2.91. The highest BCUT2D eigenvalue weighted by Crippen LogP contribution is 1.92. The molecule has 3 nitrogen and oxygen atoms in total. The van der Waals surface area contributed by atoms with Crippen LogP contribution in [0.1, 0.15) is 0 Å². The van der Waals surface area contributed by atoms with Crippen molar-refractivity contribution < 1.29 is 9.69 Å². The lowest BCUT2D eigenvalue weighted by atomic mass is 11.2. The third-order valence-electron chi connectivity index (χ3n) is 0.264. The van der Waals surface area contributed by atoms with E-state index in [4.69, 9.17) is 4.89 Å². The van der Waals surface area contributed by atoms with Crippen LogP contribution in [0.25, 0.3) is 0 Å². The molecule has 0 bridgehead atoms. The Balaban J connectivity index is 2.49. The maximum Gasteiger partial charge on any atom is 0.207 e. The van der Waals surface area contributed by atoms with E-state index in [1.54, 1.807) is 0 Å². The van der Waals surface area contributed by atoms with Crippen molar-refractivity contribution in [1.29, 1.82) is 0 Å². The molecule has 2 N–H and O–H groups in total.